The minimum Gasteiger partial charge on any atom is -0.387 e. The summed E-state index contributed by atoms with van der Waals surface area (Å²) in [6, 6.07) is 5.52. The summed E-state index contributed by atoms with van der Waals surface area (Å²) in [6.45, 7) is 0. The van der Waals surface area contributed by atoms with Crippen LogP contribution in [0, 0.1) is 0 Å². The molecule has 0 radical (unpaired) electrons. The van der Waals surface area contributed by atoms with Crippen molar-refractivity contribution in [2.24, 2.45) is 5.73 Å². The number of benzene rings is 1. The molecule has 76 valence electrons. The molecule has 0 fully saturated rings. The van der Waals surface area contributed by atoms with Crippen LogP contribution in [-0.2, 0) is 6.42 Å². The zero-order valence-electron chi connectivity index (χ0n) is 7.91. The van der Waals surface area contributed by atoms with Crippen molar-refractivity contribution in [3.05, 3.63) is 34.3 Å². The maximum Gasteiger partial charge on any atom is 0.0944 e. The van der Waals surface area contributed by atoms with Crippen LogP contribution in [0.3, 0.4) is 0 Å². The monoisotopic (exact) mass is 211 g/mol. The first kappa shape index (κ1) is 9.97. The number of hydrogen-bond acceptors (Lipinski definition) is 2. The third kappa shape index (κ3) is 1.78. The van der Waals surface area contributed by atoms with Crippen LogP contribution in [0.2, 0.25) is 5.02 Å². The minimum absolute atomic E-state index is 0.158. The largest absolute Gasteiger partial charge is 0.387 e. The molecule has 0 aliphatic heterocycles. The number of aliphatic hydroxyl groups is 1. The van der Waals surface area contributed by atoms with Gasteiger partial charge in [-0.05, 0) is 42.5 Å². The van der Waals surface area contributed by atoms with Gasteiger partial charge in [0.2, 0.25) is 0 Å². The first-order valence-electron chi connectivity index (χ1n) is 4.90. The molecule has 2 atom stereocenters. The number of nitrogens with two attached hydrogens (primary N) is 1. The molecule has 3 N–H and O–H groups in total. The van der Waals surface area contributed by atoms with Gasteiger partial charge in [0.05, 0.1) is 6.10 Å². The van der Waals surface area contributed by atoms with Crippen LogP contribution in [0.4, 0.5) is 0 Å². The maximum absolute atomic E-state index is 9.95. The van der Waals surface area contributed by atoms with Crippen molar-refractivity contribution >= 4 is 11.6 Å². The second kappa shape index (κ2) is 3.89. The van der Waals surface area contributed by atoms with E-state index in [9.17, 15) is 5.11 Å². The lowest BCUT2D eigenvalue weighted by Crippen LogP contribution is -2.27. The van der Waals surface area contributed by atoms with Crippen molar-refractivity contribution in [2.45, 2.75) is 31.4 Å². The highest BCUT2D eigenvalue weighted by Gasteiger charge is 2.22. The molecule has 3 heteroatoms. The van der Waals surface area contributed by atoms with E-state index in [4.69, 9.17) is 17.3 Å². The lowest BCUT2D eigenvalue weighted by molar-refractivity contribution is 0.144. The van der Waals surface area contributed by atoms with Crippen molar-refractivity contribution in [2.75, 3.05) is 0 Å². The lowest BCUT2D eigenvalue weighted by Gasteiger charge is -2.17. The minimum atomic E-state index is -0.564. The normalized spacial score (nSPS) is 26.8. The van der Waals surface area contributed by atoms with Crippen LogP contribution in [0.5, 0.6) is 0 Å². The second-order valence-corrected chi connectivity index (χ2v) is 4.28. The molecule has 14 heavy (non-hydrogen) atoms. The molecule has 0 amide bonds. The Morgan fingerprint density at radius 3 is 3.00 bits per heavy atom. The third-order valence-electron chi connectivity index (χ3n) is 2.82. The van der Waals surface area contributed by atoms with Crippen molar-refractivity contribution in [1.82, 2.24) is 0 Å². The Balaban J connectivity index is 2.44. The standard InChI is InChI=1S/C11H14ClNO/c12-8-5-4-7-2-1-3-10(13)11(14)9(7)6-8/h4-6,10-11,14H,1-3,13H2/t10-,11+/m1/s1. The molecule has 1 aliphatic carbocycles. The topological polar surface area (TPSA) is 46.2 Å². The number of hydrogen-bond donors (Lipinski definition) is 2. The first-order chi connectivity index (χ1) is 6.68. The quantitative estimate of drug-likeness (QED) is 0.646. The number of halogens is 1. The Labute approximate surface area is 88.7 Å². The molecule has 0 saturated heterocycles. The average molecular weight is 212 g/mol. The van der Waals surface area contributed by atoms with Crippen molar-refractivity contribution < 1.29 is 5.11 Å². The molecule has 0 spiro atoms. The summed E-state index contributed by atoms with van der Waals surface area (Å²) >= 11 is 5.89. The molecule has 2 nitrogen and oxygen atoms in total. The van der Waals surface area contributed by atoms with Gasteiger partial charge >= 0.3 is 0 Å². The van der Waals surface area contributed by atoms with Crippen LogP contribution in [0.15, 0.2) is 18.2 Å². The molecule has 0 unspecified atom stereocenters. The first-order valence-corrected chi connectivity index (χ1v) is 5.28. The highest BCUT2D eigenvalue weighted by Crippen LogP contribution is 2.29. The van der Waals surface area contributed by atoms with Gasteiger partial charge in [-0.15, -0.1) is 0 Å². The fourth-order valence-electron chi connectivity index (χ4n) is 1.99. The van der Waals surface area contributed by atoms with E-state index in [1.165, 1.54) is 5.56 Å². The van der Waals surface area contributed by atoms with Crippen molar-refractivity contribution in [3.63, 3.8) is 0 Å². The van der Waals surface area contributed by atoms with Gasteiger partial charge in [-0.3, -0.25) is 0 Å². The number of rotatable bonds is 0. The smallest absolute Gasteiger partial charge is 0.0944 e. The summed E-state index contributed by atoms with van der Waals surface area (Å²) in [7, 11) is 0. The molecule has 1 aromatic rings. The zero-order valence-corrected chi connectivity index (χ0v) is 8.67. The summed E-state index contributed by atoms with van der Waals surface area (Å²) in [6.07, 6.45) is 2.32. The van der Waals surface area contributed by atoms with E-state index in [0.717, 1.165) is 24.8 Å². The van der Waals surface area contributed by atoms with E-state index in [0.29, 0.717) is 5.02 Å². The Morgan fingerprint density at radius 2 is 2.21 bits per heavy atom. The summed E-state index contributed by atoms with van der Waals surface area (Å²) in [4.78, 5) is 0. The predicted octanol–water partition coefficient (Wildman–Crippen LogP) is 2.04. The van der Waals surface area contributed by atoms with E-state index in [-0.39, 0.29) is 6.04 Å². The molecule has 0 bridgehead atoms. The van der Waals surface area contributed by atoms with Crippen molar-refractivity contribution in [1.29, 1.82) is 0 Å². The van der Waals surface area contributed by atoms with E-state index in [2.05, 4.69) is 0 Å². The number of aryl methyl sites for hydroxylation is 1. The van der Waals surface area contributed by atoms with Crippen LogP contribution >= 0.6 is 11.6 Å². The molecule has 1 aromatic carbocycles. The Morgan fingerprint density at radius 1 is 1.43 bits per heavy atom. The van der Waals surface area contributed by atoms with Gasteiger partial charge < -0.3 is 10.8 Å². The summed E-state index contributed by atoms with van der Waals surface area (Å²) in [5.41, 5.74) is 7.93. The zero-order chi connectivity index (χ0) is 10.1. The second-order valence-electron chi connectivity index (χ2n) is 3.84. The van der Waals surface area contributed by atoms with Gasteiger partial charge in [-0.25, -0.2) is 0 Å². The third-order valence-corrected chi connectivity index (χ3v) is 3.05. The van der Waals surface area contributed by atoms with Crippen LogP contribution in [0.25, 0.3) is 0 Å². The van der Waals surface area contributed by atoms with Gasteiger partial charge in [0, 0.05) is 11.1 Å². The molecular weight excluding hydrogens is 198 g/mol. The number of aliphatic hydroxyl groups excluding tert-OH is 1. The van der Waals surface area contributed by atoms with Gasteiger partial charge in [0.15, 0.2) is 0 Å². The molecule has 0 heterocycles. The average Bonchev–Trinajstić information content (AvgIpc) is 2.30. The molecular formula is C11H14ClNO. The summed E-state index contributed by atoms with van der Waals surface area (Å²) in [5, 5.41) is 10.6. The fourth-order valence-corrected chi connectivity index (χ4v) is 2.17. The molecule has 0 aromatic heterocycles. The van der Waals surface area contributed by atoms with Gasteiger partial charge in [-0.2, -0.15) is 0 Å². The summed E-state index contributed by atoms with van der Waals surface area (Å²) < 4.78 is 0. The maximum atomic E-state index is 9.95. The van der Waals surface area contributed by atoms with Crippen LogP contribution in [0.1, 0.15) is 30.1 Å². The van der Waals surface area contributed by atoms with Crippen LogP contribution in [-0.4, -0.2) is 11.1 Å². The number of fused-ring (bicyclic) bond motifs is 1. The van der Waals surface area contributed by atoms with Crippen molar-refractivity contribution in [3.8, 4) is 0 Å². The predicted molar refractivity (Wildman–Crippen MR) is 57.3 cm³/mol. The van der Waals surface area contributed by atoms with E-state index >= 15 is 0 Å². The van der Waals surface area contributed by atoms with Crippen LogP contribution < -0.4 is 5.73 Å². The van der Waals surface area contributed by atoms with Gasteiger partial charge in [-0.1, -0.05) is 17.7 Å². The fraction of sp³-hybridized carbons (Fsp3) is 0.455. The SMILES string of the molecule is N[C@@H]1CCCc2ccc(Cl)cc2[C@@H]1O. The van der Waals surface area contributed by atoms with E-state index in [1.54, 1.807) is 0 Å². The highest BCUT2D eigenvalue weighted by molar-refractivity contribution is 6.30. The Bertz CT molecular complexity index is 340. The Kier molecular flexibility index (Phi) is 2.77. The summed E-state index contributed by atoms with van der Waals surface area (Å²) in [5.74, 6) is 0. The van der Waals surface area contributed by atoms with E-state index < -0.39 is 6.10 Å². The van der Waals surface area contributed by atoms with Gasteiger partial charge in [0.1, 0.15) is 0 Å². The molecule has 2 rings (SSSR count). The molecule has 0 saturated carbocycles. The van der Waals surface area contributed by atoms with Gasteiger partial charge in [0.25, 0.3) is 0 Å². The Hall–Kier alpha value is -0.570. The molecule has 1 aliphatic rings. The van der Waals surface area contributed by atoms with E-state index in [1.807, 2.05) is 18.2 Å². The highest BCUT2D eigenvalue weighted by atomic mass is 35.5. The lowest BCUT2D eigenvalue weighted by atomic mass is 9.99.